The first-order valence-corrected chi connectivity index (χ1v) is 31.9. The number of carbonyl (C=O) groups is 4. The van der Waals surface area contributed by atoms with Crippen molar-refractivity contribution in [3.05, 3.63) is 18.2 Å². The Hall–Kier alpha value is -2.87. The number of nitrogens with one attached hydrogen (secondary N) is 2. The number of nitrogens with zero attached hydrogens (tertiary/aromatic N) is 2. The molecule has 0 aliphatic carbocycles. The van der Waals surface area contributed by atoms with Crippen molar-refractivity contribution in [2.75, 3.05) is 52.7 Å². The van der Waals surface area contributed by atoms with Crippen LogP contribution in [0.2, 0.25) is 0 Å². The Kier molecular flexibility index (Phi) is 49.4. The minimum Gasteiger partial charge on any atom is -0.481 e. The van der Waals surface area contributed by atoms with E-state index in [0.29, 0.717) is 45.2 Å². The molecule has 0 radical (unpaired) electrons. The molecule has 13 nitrogen and oxygen atoms in total. The predicted octanol–water partition coefficient (Wildman–Crippen LogP) is 15.6. The SMILES string of the molecule is CCCCCCCCC(CCCCCCCC(OCCCCCCOC(=O)C(CCCCCC)CCCCCCCC)C(CCC)OCC(C=O)N(CCCCCCCC)CCOCCNC(=O)c1c[nH]cn1)C(=O)O. The fourth-order valence-electron chi connectivity index (χ4n) is 10.3. The molecule has 0 fully saturated rings. The van der Waals surface area contributed by atoms with E-state index in [2.05, 4.69) is 54.8 Å². The van der Waals surface area contributed by atoms with E-state index in [-0.39, 0.29) is 42.5 Å². The number of amides is 1. The van der Waals surface area contributed by atoms with Gasteiger partial charge in [0, 0.05) is 25.9 Å². The number of carbonyl (C=O) groups excluding carboxylic acids is 3. The molecule has 0 aliphatic rings. The quantitative estimate of drug-likeness (QED) is 0.0322. The van der Waals surface area contributed by atoms with Gasteiger partial charge in [0.15, 0.2) is 0 Å². The van der Waals surface area contributed by atoms with Crippen LogP contribution in [0.5, 0.6) is 0 Å². The van der Waals surface area contributed by atoms with Crippen LogP contribution in [0.1, 0.15) is 289 Å². The maximum Gasteiger partial charge on any atom is 0.308 e. The molecule has 0 aromatic carbocycles. The molecule has 0 saturated carbocycles. The molecule has 0 spiro atoms. The Labute approximate surface area is 465 Å². The van der Waals surface area contributed by atoms with Crippen LogP contribution < -0.4 is 5.32 Å². The number of aliphatic carboxylic acids is 1. The van der Waals surface area contributed by atoms with E-state index in [4.69, 9.17) is 18.9 Å². The van der Waals surface area contributed by atoms with Gasteiger partial charge in [-0.15, -0.1) is 0 Å². The molecule has 1 amide bonds. The average Bonchev–Trinajstić information content (AvgIpc) is 3.97. The lowest BCUT2D eigenvalue weighted by atomic mass is 9.94. The predicted molar refractivity (Wildman–Crippen MR) is 312 cm³/mol. The highest BCUT2D eigenvalue weighted by atomic mass is 16.5. The summed E-state index contributed by atoms with van der Waals surface area (Å²) in [5.74, 6) is -1.09. The van der Waals surface area contributed by atoms with Gasteiger partial charge in [0.05, 0.1) is 62.8 Å². The fourth-order valence-corrected chi connectivity index (χ4v) is 10.3. The second-order valence-electron chi connectivity index (χ2n) is 22.0. The van der Waals surface area contributed by atoms with Gasteiger partial charge in [0.2, 0.25) is 0 Å². The summed E-state index contributed by atoms with van der Waals surface area (Å²) in [7, 11) is 0. The van der Waals surface area contributed by atoms with Gasteiger partial charge in [-0.05, 0) is 70.8 Å². The maximum absolute atomic E-state index is 13.2. The van der Waals surface area contributed by atoms with E-state index in [1.165, 1.54) is 109 Å². The van der Waals surface area contributed by atoms with Crippen LogP contribution in [0, 0.1) is 11.8 Å². The van der Waals surface area contributed by atoms with Gasteiger partial charge < -0.3 is 39.1 Å². The van der Waals surface area contributed by atoms with Gasteiger partial charge in [0.1, 0.15) is 12.0 Å². The third-order valence-corrected chi connectivity index (χ3v) is 15.2. The molecule has 444 valence electrons. The lowest BCUT2D eigenvalue weighted by Gasteiger charge is -2.32. The zero-order valence-electron chi connectivity index (χ0n) is 49.8. The molecular formula is C63H118N4O9. The minimum absolute atomic E-state index is 0.00562. The molecule has 1 aromatic heterocycles. The number of ether oxygens (including phenoxy) is 4. The Bertz CT molecular complexity index is 1450. The Morgan fingerprint density at radius 2 is 1.04 bits per heavy atom. The van der Waals surface area contributed by atoms with Gasteiger partial charge in [-0.2, -0.15) is 0 Å². The first-order chi connectivity index (χ1) is 37.3. The highest BCUT2D eigenvalue weighted by Crippen LogP contribution is 2.24. The summed E-state index contributed by atoms with van der Waals surface area (Å²) in [6, 6.07) is -0.421. The minimum atomic E-state index is -0.644. The van der Waals surface area contributed by atoms with E-state index in [1.807, 2.05) is 0 Å². The summed E-state index contributed by atoms with van der Waals surface area (Å²) in [5, 5.41) is 12.7. The molecule has 1 heterocycles. The monoisotopic (exact) mass is 1070 g/mol. The van der Waals surface area contributed by atoms with Crippen LogP contribution >= 0.6 is 0 Å². The zero-order valence-corrected chi connectivity index (χ0v) is 49.8. The normalized spacial score (nSPS) is 13.7. The van der Waals surface area contributed by atoms with E-state index in [9.17, 15) is 24.3 Å². The molecule has 5 unspecified atom stereocenters. The number of H-pyrrole nitrogens is 1. The molecule has 1 aromatic rings. The second kappa shape index (κ2) is 52.8. The summed E-state index contributed by atoms with van der Waals surface area (Å²) in [6.45, 7) is 15.0. The van der Waals surface area contributed by atoms with Crippen molar-refractivity contribution in [1.82, 2.24) is 20.2 Å². The van der Waals surface area contributed by atoms with E-state index in [1.54, 1.807) is 6.20 Å². The summed E-state index contributed by atoms with van der Waals surface area (Å²) < 4.78 is 25.4. The number of imidazole rings is 1. The van der Waals surface area contributed by atoms with E-state index < -0.39 is 12.0 Å². The second-order valence-corrected chi connectivity index (χ2v) is 22.0. The van der Waals surface area contributed by atoms with Gasteiger partial charge >= 0.3 is 11.9 Å². The average molecular weight is 1080 g/mol. The molecular weight excluding hydrogens is 957 g/mol. The number of hydrogen-bond acceptors (Lipinski definition) is 10. The smallest absolute Gasteiger partial charge is 0.308 e. The van der Waals surface area contributed by atoms with Crippen LogP contribution in [0.4, 0.5) is 0 Å². The maximum atomic E-state index is 13.2. The summed E-state index contributed by atoms with van der Waals surface area (Å²) >= 11 is 0. The van der Waals surface area contributed by atoms with Crippen LogP contribution in [0.3, 0.4) is 0 Å². The summed E-state index contributed by atoms with van der Waals surface area (Å²) in [5.41, 5.74) is 0.339. The standard InChI is InChI=1S/C63H118N4O9/c1-6-11-15-19-23-31-39-55(62(70)71)40-32-25-22-26-34-43-60(74-47-36-28-29-37-48-75-63(72)56(41-30-18-14-9-4)42-33-24-20-16-12-7-2)59(38-10-5)76-53-57(52-68)67(45-35-27-21-17-13-8-3)46-50-73-49-44-65-61(69)58-51-64-54-66-58/h51-52,54-57,59-60H,6-50,53H2,1-5H3,(H,64,66)(H,65,69)(H,70,71). The van der Waals surface area contributed by atoms with Crippen molar-refractivity contribution >= 4 is 24.1 Å². The Balaban J connectivity index is 2.89. The molecule has 0 aliphatic heterocycles. The molecule has 0 saturated heterocycles. The lowest BCUT2D eigenvalue weighted by Crippen LogP contribution is -2.44. The van der Waals surface area contributed by atoms with E-state index in [0.717, 1.165) is 154 Å². The molecule has 1 rings (SSSR count). The molecule has 3 N–H and O–H groups in total. The third kappa shape index (κ3) is 39.5. The number of carboxylic acids is 1. The van der Waals surface area contributed by atoms with Crippen molar-refractivity contribution in [3.8, 4) is 0 Å². The summed E-state index contributed by atoms with van der Waals surface area (Å²) in [4.78, 5) is 59.5. The number of rotatable bonds is 59. The number of aromatic amines is 1. The van der Waals surface area contributed by atoms with Crippen molar-refractivity contribution in [2.45, 2.75) is 297 Å². The zero-order chi connectivity index (χ0) is 55.4. The number of unbranched alkanes of at least 4 members (excludes halogenated alkanes) is 25. The number of aromatic nitrogens is 2. The molecule has 0 bridgehead atoms. The largest absolute Gasteiger partial charge is 0.481 e. The van der Waals surface area contributed by atoms with Crippen molar-refractivity contribution in [2.24, 2.45) is 11.8 Å². The lowest BCUT2D eigenvalue weighted by molar-refractivity contribution is -0.149. The highest BCUT2D eigenvalue weighted by Gasteiger charge is 2.26. The number of aldehydes is 1. The third-order valence-electron chi connectivity index (χ3n) is 15.2. The van der Waals surface area contributed by atoms with Gasteiger partial charge in [-0.3, -0.25) is 19.3 Å². The van der Waals surface area contributed by atoms with Gasteiger partial charge in [0.25, 0.3) is 5.91 Å². The van der Waals surface area contributed by atoms with Gasteiger partial charge in [-0.1, -0.05) is 214 Å². The molecule has 76 heavy (non-hydrogen) atoms. The first-order valence-electron chi connectivity index (χ1n) is 31.9. The van der Waals surface area contributed by atoms with Crippen LogP contribution in [-0.4, -0.2) is 115 Å². The first kappa shape index (κ1) is 71.1. The van der Waals surface area contributed by atoms with Crippen molar-refractivity contribution in [1.29, 1.82) is 0 Å². The van der Waals surface area contributed by atoms with Gasteiger partial charge in [-0.25, -0.2) is 4.98 Å². The highest BCUT2D eigenvalue weighted by molar-refractivity contribution is 5.91. The van der Waals surface area contributed by atoms with Crippen molar-refractivity contribution in [3.63, 3.8) is 0 Å². The van der Waals surface area contributed by atoms with Crippen LogP contribution in [-0.2, 0) is 33.3 Å². The molecule has 13 heteroatoms. The number of esters is 1. The summed E-state index contributed by atoms with van der Waals surface area (Å²) in [6.07, 6.45) is 44.9. The number of hydrogen-bond donors (Lipinski definition) is 3. The van der Waals surface area contributed by atoms with Crippen LogP contribution in [0.15, 0.2) is 12.5 Å². The molecule has 5 atom stereocenters. The topological polar surface area (TPSA) is 169 Å². The Morgan fingerprint density at radius 1 is 0.553 bits per heavy atom. The van der Waals surface area contributed by atoms with Crippen LogP contribution in [0.25, 0.3) is 0 Å². The fraction of sp³-hybridized carbons (Fsp3) is 0.889. The van der Waals surface area contributed by atoms with E-state index >= 15 is 0 Å². The van der Waals surface area contributed by atoms with Crippen molar-refractivity contribution < 1.29 is 43.2 Å². The number of carboxylic acid groups (broad SMARTS) is 1. The Morgan fingerprint density at radius 3 is 1.57 bits per heavy atom.